The number of nitrogens with two attached hydrogens (primary N) is 1. The van der Waals surface area contributed by atoms with E-state index >= 15 is 0 Å². The number of aromatic nitrogens is 1. The molecule has 14 heavy (non-hydrogen) atoms. The van der Waals surface area contributed by atoms with Gasteiger partial charge in [-0.3, -0.25) is 4.98 Å². The predicted octanol–water partition coefficient (Wildman–Crippen LogP) is 2.14. The molecule has 0 radical (unpaired) electrons. The predicted molar refractivity (Wildman–Crippen MR) is 55.3 cm³/mol. The van der Waals surface area contributed by atoms with Crippen LogP contribution in [0.25, 0.3) is 0 Å². The maximum atomic E-state index is 13.2. The van der Waals surface area contributed by atoms with E-state index < -0.39 is 0 Å². The first-order valence-corrected chi connectivity index (χ1v) is 4.76. The minimum absolute atomic E-state index is 0.0238. The van der Waals surface area contributed by atoms with E-state index in [9.17, 15) is 4.39 Å². The Hall–Kier alpha value is -0.960. The van der Waals surface area contributed by atoms with Crippen LogP contribution in [0.4, 0.5) is 4.39 Å². The lowest BCUT2D eigenvalue weighted by Gasteiger charge is -2.26. The molecule has 3 heteroatoms. The molecule has 0 saturated heterocycles. The first kappa shape index (κ1) is 11.1. The summed E-state index contributed by atoms with van der Waals surface area (Å²) in [7, 11) is 0. The first-order chi connectivity index (χ1) is 6.41. The molecule has 2 N–H and O–H groups in total. The summed E-state index contributed by atoms with van der Waals surface area (Å²) in [5.74, 6) is -0.271. The lowest BCUT2D eigenvalue weighted by atomic mass is 9.84. The standard InChI is InChI=1S/C11H17FN2/c1-11(2,3)10(13)7-9-8(12)5-4-6-14-9/h4-6,10H,7,13H2,1-3H3. The second kappa shape index (κ2) is 4.05. The van der Waals surface area contributed by atoms with Crippen molar-refractivity contribution in [2.45, 2.75) is 33.2 Å². The molecule has 0 saturated carbocycles. The zero-order chi connectivity index (χ0) is 10.8. The van der Waals surface area contributed by atoms with Crippen LogP contribution in [-0.4, -0.2) is 11.0 Å². The van der Waals surface area contributed by atoms with E-state index in [4.69, 9.17) is 5.73 Å². The monoisotopic (exact) mass is 196 g/mol. The fourth-order valence-corrected chi connectivity index (χ4v) is 1.08. The van der Waals surface area contributed by atoms with Gasteiger partial charge >= 0.3 is 0 Å². The van der Waals surface area contributed by atoms with Crippen LogP contribution in [0.1, 0.15) is 26.5 Å². The smallest absolute Gasteiger partial charge is 0.144 e. The molecule has 0 aliphatic carbocycles. The van der Waals surface area contributed by atoms with Crippen molar-refractivity contribution < 1.29 is 4.39 Å². The summed E-state index contributed by atoms with van der Waals surface area (Å²) >= 11 is 0. The van der Waals surface area contributed by atoms with Gasteiger partial charge in [0.05, 0.1) is 5.69 Å². The summed E-state index contributed by atoms with van der Waals surface area (Å²) in [5.41, 5.74) is 6.37. The van der Waals surface area contributed by atoms with Crippen molar-refractivity contribution in [1.82, 2.24) is 4.98 Å². The van der Waals surface area contributed by atoms with Gasteiger partial charge < -0.3 is 5.73 Å². The van der Waals surface area contributed by atoms with Gasteiger partial charge in [-0.1, -0.05) is 20.8 Å². The molecule has 1 unspecified atom stereocenters. The zero-order valence-corrected chi connectivity index (χ0v) is 8.92. The third-order valence-corrected chi connectivity index (χ3v) is 2.36. The molecule has 1 aromatic rings. The molecule has 1 atom stereocenters. The highest BCUT2D eigenvalue weighted by Crippen LogP contribution is 2.20. The number of rotatable bonds is 2. The van der Waals surface area contributed by atoms with Crippen LogP contribution < -0.4 is 5.73 Å². The van der Waals surface area contributed by atoms with E-state index in [-0.39, 0.29) is 17.3 Å². The highest BCUT2D eigenvalue weighted by Gasteiger charge is 2.22. The normalized spacial score (nSPS) is 14.1. The van der Waals surface area contributed by atoms with Gasteiger partial charge in [-0.05, 0) is 17.5 Å². The summed E-state index contributed by atoms with van der Waals surface area (Å²) in [6.07, 6.45) is 2.07. The van der Waals surface area contributed by atoms with Crippen LogP contribution in [-0.2, 0) is 6.42 Å². The van der Waals surface area contributed by atoms with Gasteiger partial charge in [-0.25, -0.2) is 4.39 Å². The van der Waals surface area contributed by atoms with Crippen molar-refractivity contribution in [2.75, 3.05) is 0 Å². The maximum Gasteiger partial charge on any atom is 0.144 e. The van der Waals surface area contributed by atoms with Crippen molar-refractivity contribution in [3.05, 3.63) is 29.8 Å². The van der Waals surface area contributed by atoms with Crippen LogP contribution in [0, 0.1) is 11.2 Å². The third-order valence-electron chi connectivity index (χ3n) is 2.36. The lowest BCUT2D eigenvalue weighted by Crippen LogP contribution is -2.37. The van der Waals surface area contributed by atoms with Crippen LogP contribution in [0.3, 0.4) is 0 Å². The summed E-state index contributed by atoms with van der Waals surface area (Å²) in [6, 6.07) is 2.92. The molecule has 1 aromatic heterocycles. The van der Waals surface area contributed by atoms with Gasteiger partial charge in [0.25, 0.3) is 0 Å². The van der Waals surface area contributed by atoms with Gasteiger partial charge in [-0.2, -0.15) is 0 Å². The van der Waals surface area contributed by atoms with Gasteiger partial charge in [-0.15, -0.1) is 0 Å². The highest BCUT2D eigenvalue weighted by molar-refractivity contribution is 5.09. The molecule has 0 aromatic carbocycles. The minimum Gasteiger partial charge on any atom is -0.327 e. The van der Waals surface area contributed by atoms with Crippen molar-refractivity contribution in [3.63, 3.8) is 0 Å². The van der Waals surface area contributed by atoms with E-state index in [2.05, 4.69) is 4.98 Å². The summed E-state index contributed by atoms with van der Waals surface area (Å²) in [5, 5.41) is 0. The van der Waals surface area contributed by atoms with E-state index in [0.717, 1.165) is 0 Å². The fourth-order valence-electron chi connectivity index (χ4n) is 1.08. The van der Waals surface area contributed by atoms with Crippen LogP contribution in [0.5, 0.6) is 0 Å². The average molecular weight is 196 g/mol. The van der Waals surface area contributed by atoms with E-state index in [1.807, 2.05) is 20.8 Å². The third kappa shape index (κ3) is 2.77. The maximum absolute atomic E-state index is 13.2. The number of hydrogen-bond donors (Lipinski definition) is 1. The fraction of sp³-hybridized carbons (Fsp3) is 0.545. The Bertz CT molecular complexity index is 304. The number of nitrogens with zero attached hydrogens (tertiary/aromatic N) is 1. The second-order valence-corrected chi connectivity index (χ2v) is 4.61. The summed E-state index contributed by atoms with van der Waals surface area (Å²) < 4.78 is 13.2. The van der Waals surface area contributed by atoms with Crippen LogP contribution in [0.15, 0.2) is 18.3 Å². The molecule has 0 fully saturated rings. The van der Waals surface area contributed by atoms with E-state index in [1.165, 1.54) is 6.07 Å². The van der Waals surface area contributed by atoms with Crippen molar-refractivity contribution >= 4 is 0 Å². The molecule has 2 nitrogen and oxygen atoms in total. The van der Waals surface area contributed by atoms with Crippen LogP contribution >= 0.6 is 0 Å². The Morgan fingerprint density at radius 1 is 1.50 bits per heavy atom. The van der Waals surface area contributed by atoms with E-state index in [0.29, 0.717) is 12.1 Å². The molecular formula is C11H17FN2. The topological polar surface area (TPSA) is 38.9 Å². The molecule has 0 amide bonds. The van der Waals surface area contributed by atoms with Gasteiger partial charge in [0, 0.05) is 18.7 Å². The van der Waals surface area contributed by atoms with Crippen LogP contribution in [0.2, 0.25) is 0 Å². The second-order valence-electron chi connectivity index (χ2n) is 4.61. The Balaban J connectivity index is 2.75. The Morgan fingerprint density at radius 3 is 2.64 bits per heavy atom. The molecular weight excluding hydrogens is 179 g/mol. The number of hydrogen-bond acceptors (Lipinski definition) is 2. The molecule has 1 heterocycles. The van der Waals surface area contributed by atoms with Gasteiger partial charge in [0.15, 0.2) is 0 Å². The Kier molecular flexibility index (Phi) is 3.21. The average Bonchev–Trinajstić information content (AvgIpc) is 2.07. The van der Waals surface area contributed by atoms with Crippen molar-refractivity contribution in [2.24, 2.45) is 11.1 Å². The summed E-state index contributed by atoms with van der Waals surface area (Å²) in [6.45, 7) is 6.12. The molecule has 0 aliphatic rings. The Morgan fingerprint density at radius 2 is 2.14 bits per heavy atom. The lowest BCUT2D eigenvalue weighted by molar-refractivity contribution is 0.314. The number of halogens is 1. The quantitative estimate of drug-likeness (QED) is 0.787. The van der Waals surface area contributed by atoms with E-state index in [1.54, 1.807) is 12.3 Å². The van der Waals surface area contributed by atoms with Gasteiger partial charge in [0.2, 0.25) is 0 Å². The molecule has 78 valence electrons. The van der Waals surface area contributed by atoms with Crippen molar-refractivity contribution in [1.29, 1.82) is 0 Å². The first-order valence-electron chi connectivity index (χ1n) is 4.76. The summed E-state index contributed by atoms with van der Waals surface area (Å²) in [4.78, 5) is 3.98. The van der Waals surface area contributed by atoms with Gasteiger partial charge in [0.1, 0.15) is 5.82 Å². The molecule has 0 aliphatic heterocycles. The van der Waals surface area contributed by atoms with Crippen molar-refractivity contribution in [3.8, 4) is 0 Å². The highest BCUT2D eigenvalue weighted by atomic mass is 19.1. The minimum atomic E-state index is -0.271. The molecule has 0 spiro atoms. The zero-order valence-electron chi connectivity index (χ0n) is 8.92. The SMILES string of the molecule is CC(C)(C)C(N)Cc1ncccc1F. The number of pyridine rings is 1. The molecule has 1 rings (SSSR count). The Labute approximate surface area is 84.3 Å². The molecule has 0 bridgehead atoms. The largest absolute Gasteiger partial charge is 0.327 e.